The SMILES string of the molecule is OC1CCCCC1OCCC(F)(F)C(F)(F)Br. The summed E-state index contributed by atoms with van der Waals surface area (Å²) in [6, 6.07) is 0. The molecule has 0 heterocycles. The van der Waals surface area contributed by atoms with Crippen molar-refractivity contribution in [1.82, 2.24) is 0 Å². The highest BCUT2D eigenvalue weighted by Crippen LogP contribution is 2.41. The number of ether oxygens (including phenoxy) is 1. The van der Waals surface area contributed by atoms with Crippen LogP contribution in [0.3, 0.4) is 0 Å². The number of aliphatic hydroxyl groups is 1. The molecule has 0 saturated heterocycles. The molecule has 0 spiro atoms. The minimum absolute atomic E-state index is 0.490. The van der Waals surface area contributed by atoms with E-state index in [4.69, 9.17) is 4.74 Å². The third kappa shape index (κ3) is 4.37. The van der Waals surface area contributed by atoms with Crippen LogP contribution in [0.25, 0.3) is 0 Å². The summed E-state index contributed by atoms with van der Waals surface area (Å²) in [5.41, 5.74) is 0. The normalized spacial score (nSPS) is 27.2. The number of rotatable bonds is 5. The van der Waals surface area contributed by atoms with E-state index in [1.165, 1.54) is 0 Å². The van der Waals surface area contributed by atoms with Gasteiger partial charge in [-0.2, -0.15) is 17.6 Å². The first kappa shape index (κ1) is 15.2. The Kier molecular flexibility index (Phi) is 5.21. The van der Waals surface area contributed by atoms with Gasteiger partial charge >= 0.3 is 10.8 Å². The van der Waals surface area contributed by atoms with Gasteiger partial charge in [0.25, 0.3) is 0 Å². The summed E-state index contributed by atoms with van der Waals surface area (Å²) in [5, 5.41) is 9.49. The van der Waals surface area contributed by atoms with Crippen molar-refractivity contribution in [1.29, 1.82) is 0 Å². The van der Waals surface area contributed by atoms with Crippen LogP contribution in [-0.4, -0.2) is 34.7 Å². The molecule has 0 aromatic heterocycles. The van der Waals surface area contributed by atoms with Crippen molar-refractivity contribution in [2.45, 2.75) is 55.1 Å². The molecule has 1 aliphatic carbocycles. The maximum Gasteiger partial charge on any atom is 0.363 e. The van der Waals surface area contributed by atoms with Crippen LogP contribution in [0.4, 0.5) is 17.6 Å². The molecule has 2 nitrogen and oxygen atoms in total. The van der Waals surface area contributed by atoms with E-state index in [1.54, 1.807) is 15.9 Å². The molecule has 1 saturated carbocycles. The molecule has 2 atom stereocenters. The van der Waals surface area contributed by atoms with Crippen LogP contribution in [0.1, 0.15) is 32.1 Å². The fourth-order valence-corrected chi connectivity index (χ4v) is 1.95. The van der Waals surface area contributed by atoms with Crippen molar-refractivity contribution in [3.63, 3.8) is 0 Å². The minimum atomic E-state index is -4.23. The Balaban J connectivity index is 2.32. The lowest BCUT2D eigenvalue weighted by Crippen LogP contribution is -2.38. The van der Waals surface area contributed by atoms with Crippen LogP contribution >= 0.6 is 15.9 Å². The summed E-state index contributed by atoms with van der Waals surface area (Å²) in [5.74, 6) is -4.15. The van der Waals surface area contributed by atoms with Crippen LogP contribution in [0.5, 0.6) is 0 Å². The molecule has 2 unspecified atom stereocenters. The molecule has 0 bridgehead atoms. The summed E-state index contributed by atoms with van der Waals surface area (Å²) >= 11 is 1.65. The van der Waals surface area contributed by atoms with E-state index in [-0.39, 0.29) is 0 Å². The van der Waals surface area contributed by atoms with Crippen molar-refractivity contribution < 1.29 is 27.4 Å². The quantitative estimate of drug-likeness (QED) is 0.621. The van der Waals surface area contributed by atoms with Gasteiger partial charge in [-0.3, -0.25) is 0 Å². The first-order valence-electron chi connectivity index (χ1n) is 5.48. The number of alkyl halides is 5. The zero-order valence-electron chi connectivity index (χ0n) is 9.14. The Morgan fingerprint density at radius 3 is 2.29 bits per heavy atom. The van der Waals surface area contributed by atoms with Gasteiger partial charge in [-0.05, 0) is 28.8 Å². The van der Waals surface area contributed by atoms with Crippen LogP contribution in [0, 0.1) is 0 Å². The van der Waals surface area contributed by atoms with Gasteiger partial charge in [0.1, 0.15) is 0 Å². The lowest BCUT2D eigenvalue weighted by Gasteiger charge is -2.28. The van der Waals surface area contributed by atoms with E-state index in [0.717, 1.165) is 12.8 Å². The Bertz CT molecular complexity index is 245. The molecule has 102 valence electrons. The molecular weight excluding hydrogens is 308 g/mol. The summed E-state index contributed by atoms with van der Waals surface area (Å²) in [6.07, 6.45) is 0.607. The van der Waals surface area contributed by atoms with E-state index in [9.17, 15) is 22.7 Å². The van der Waals surface area contributed by atoms with Crippen LogP contribution in [-0.2, 0) is 4.74 Å². The van der Waals surface area contributed by atoms with Crippen LogP contribution in [0.2, 0.25) is 0 Å². The molecule has 1 aliphatic rings. The van der Waals surface area contributed by atoms with Gasteiger partial charge in [0.15, 0.2) is 0 Å². The summed E-state index contributed by atoms with van der Waals surface area (Å²) < 4.78 is 55.5. The molecule has 0 radical (unpaired) electrons. The zero-order chi connectivity index (χ0) is 13.1. The highest BCUT2D eigenvalue weighted by molar-refractivity contribution is 9.10. The second-order valence-electron chi connectivity index (χ2n) is 4.21. The second kappa shape index (κ2) is 5.84. The van der Waals surface area contributed by atoms with Gasteiger partial charge in [-0.25, -0.2) is 0 Å². The number of halogens is 5. The highest BCUT2D eigenvalue weighted by atomic mass is 79.9. The van der Waals surface area contributed by atoms with Gasteiger partial charge in [0, 0.05) is 6.42 Å². The fourth-order valence-electron chi connectivity index (χ4n) is 1.75. The fraction of sp³-hybridized carbons (Fsp3) is 1.00. The lowest BCUT2D eigenvalue weighted by molar-refractivity contribution is -0.166. The number of hydrogen-bond donors (Lipinski definition) is 1. The zero-order valence-corrected chi connectivity index (χ0v) is 10.7. The monoisotopic (exact) mass is 322 g/mol. The minimum Gasteiger partial charge on any atom is -0.390 e. The largest absolute Gasteiger partial charge is 0.390 e. The van der Waals surface area contributed by atoms with E-state index >= 15 is 0 Å². The molecular formula is C10H15BrF4O2. The Hall–Kier alpha value is 0.120. The van der Waals surface area contributed by atoms with Gasteiger partial charge in [-0.1, -0.05) is 12.8 Å². The molecule has 1 rings (SSSR count). The van der Waals surface area contributed by atoms with Gasteiger partial charge in [-0.15, -0.1) is 0 Å². The van der Waals surface area contributed by atoms with Crippen molar-refractivity contribution >= 4 is 15.9 Å². The third-order valence-electron chi connectivity index (χ3n) is 2.83. The highest BCUT2D eigenvalue weighted by Gasteiger charge is 2.53. The van der Waals surface area contributed by atoms with Gasteiger partial charge in [0.2, 0.25) is 0 Å². The summed E-state index contributed by atoms with van der Waals surface area (Å²) in [4.78, 5) is -4.23. The molecule has 17 heavy (non-hydrogen) atoms. The summed E-state index contributed by atoms with van der Waals surface area (Å²) in [7, 11) is 0. The second-order valence-corrected chi connectivity index (χ2v) is 5.21. The molecule has 1 N–H and O–H groups in total. The Morgan fingerprint density at radius 1 is 1.18 bits per heavy atom. The molecule has 0 aromatic carbocycles. The molecule has 0 amide bonds. The third-order valence-corrected chi connectivity index (χ3v) is 3.41. The van der Waals surface area contributed by atoms with Crippen LogP contribution in [0.15, 0.2) is 0 Å². The van der Waals surface area contributed by atoms with Crippen LogP contribution < -0.4 is 0 Å². The van der Waals surface area contributed by atoms with E-state index < -0.39 is 36.0 Å². The Labute approximate surface area is 105 Å². The maximum absolute atomic E-state index is 12.8. The number of hydrogen-bond acceptors (Lipinski definition) is 2. The average molecular weight is 323 g/mol. The maximum atomic E-state index is 12.8. The van der Waals surface area contributed by atoms with E-state index in [0.29, 0.717) is 12.8 Å². The first-order chi connectivity index (χ1) is 7.74. The van der Waals surface area contributed by atoms with E-state index in [1.807, 2.05) is 0 Å². The molecule has 7 heteroatoms. The lowest BCUT2D eigenvalue weighted by atomic mass is 9.95. The first-order valence-corrected chi connectivity index (χ1v) is 6.27. The average Bonchev–Trinajstić information content (AvgIpc) is 2.19. The standard InChI is InChI=1S/C10H15BrF4O2/c11-10(14,15)9(12,13)5-6-17-8-4-2-1-3-7(8)16/h7-8,16H,1-6H2. The van der Waals surface area contributed by atoms with Crippen molar-refractivity contribution in [3.05, 3.63) is 0 Å². The topological polar surface area (TPSA) is 29.5 Å². The number of aliphatic hydroxyl groups excluding tert-OH is 1. The van der Waals surface area contributed by atoms with E-state index in [2.05, 4.69) is 0 Å². The smallest absolute Gasteiger partial charge is 0.363 e. The van der Waals surface area contributed by atoms with Gasteiger partial charge in [0.05, 0.1) is 18.8 Å². The van der Waals surface area contributed by atoms with Crippen molar-refractivity contribution in [3.8, 4) is 0 Å². The van der Waals surface area contributed by atoms with Crippen molar-refractivity contribution in [2.75, 3.05) is 6.61 Å². The molecule has 1 fully saturated rings. The molecule has 0 aromatic rings. The predicted molar refractivity (Wildman–Crippen MR) is 57.7 cm³/mol. The Morgan fingerprint density at radius 2 is 1.76 bits per heavy atom. The predicted octanol–water partition coefficient (Wildman–Crippen LogP) is 3.32. The van der Waals surface area contributed by atoms with Gasteiger partial charge < -0.3 is 9.84 Å². The van der Waals surface area contributed by atoms with Crippen molar-refractivity contribution in [2.24, 2.45) is 0 Å². The summed E-state index contributed by atoms with van der Waals surface area (Å²) in [6.45, 7) is -0.490. The molecule has 0 aliphatic heterocycles.